The average molecular weight is 538 g/mol. The van der Waals surface area contributed by atoms with E-state index in [2.05, 4.69) is 26.1 Å². The lowest BCUT2D eigenvalue weighted by molar-refractivity contribution is -0.124. The van der Waals surface area contributed by atoms with Gasteiger partial charge in [-0.05, 0) is 18.3 Å². The lowest BCUT2D eigenvalue weighted by Crippen LogP contribution is -2.31. The lowest BCUT2D eigenvalue weighted by atomic mass is 9.91. The van der Waals surface area contributed by atoms with Gasteiger partial charge in [0.2, 0.25) is 5.91 Å². The molecule has 1 N–H and O–H groups in total. The van der Waals surface area contributed by atoms with Crippen molar-refractivity contribution < 1.29 is 42.7 Å². The van der Waals surface area contributed by atoms with Gasteiger partial charge in [0.05, 0.1) is 99.1 Å². The minimum atomic E-state index is -0.00625. The molecule has 0 saturated heterocycles. The van der Waals surface area contributed by atoms with Gasteiger partial charge in [0.1, 0.15) is 0 Å². The second kappa shape index (κ2) is 26.7. The Kier molecular flexibility index (Phi) is 26.1. The first-order chi connectivity index (χ1) is 17.8. The van der Waals surface area contributed by atoms with Crippen LogP contribution in [0.15, 0.2) is 0 Å². The van der Waals surface area contributed by atoms with Crippen LogP contribution in [0.3, 0.4) is 0 Å². The topological polar surface area (TPSA) is 103 Å². The van der Waals surface area contributed by atoms with Gasteiger partial charge in [-0.25, -0.2) is 0 Å². The molecule has 0 radical (unpaired) electrons. The normalized spacial score (nSPS) is 11.9. The highest BCUT2D eigenvalue weighted by Gasteiger charge is 2.08. The first-order valence-electron chi connectivity index (χ1n) is 13.7. The third-order valence-electron chi connectivity index (χ3n) is 4.89. The van der Waals surface area contributed by atoms with E-state index in [1.54, 1.807) is 0 Å². The Morgan fingerprint density at radius 1 is 0.541 bits per heavy atom. The Bertz CT molecular complexity index is 487. The molecule has 10 heteroatoms. The largest absolute Gasteiger partial charge is 0.379 e. The number of rotatable bonds is 28. The summed E-state index contributed by atoms with van der Waals surface area (Å²) in [6.45, 7) is 19.7. The van der Waals surface area contributed by atoms with Crippen molar-refractivity contribution in [1.82, 2.24) is 5.32 Å². The third-order valence-corrected chi connectivity index (χ3v) is 4.89. The fourth-order valence-electron chi connectivity index (χ4n) is 2.80. The maximum Gasteiger partial charge on any atom is 0.222 e. The van der Waals surface area contributed by atoms with Crippen LogP contribution in [0.1, 0.15) is 47.5 Å². The van der Waals surface area contributed by atoms with E-state index in [0.29, 0.717) is 111 Å². The standard InChI is InChI=1S/C27H55NO9/c1-25(2)26(29)28-8-10-31-12-14-33-16-18-35-20-22-37-24-23-36-21-19-34-17-15-32-13-11-30-9-6-7-27(3,4)5/h25H,6-24H2,1-5H3,(H,28,29). The molecule has 0 fully saturated rings. The Morgan fingerprint density at radius 2 is 0.838 bits per heavy atom. The number of hydrogen-bond donors (Lipinski definition) is 1. The highest BCUT2D eigenvalue weighted by molar-refractivity contribution is 5.77. The molecule has 0 aromatic heterocycles. The van der Waals surface area contributed by atoms with Crippen molar-refractivity contribution in [3.05, 3.63) is 0 Å². The fraction of sp³-hybridized carbons (Fsp3) is 0.963. The van der Waals surface area contributed by atoms with Gasteiger partial charge >= 0.3 is 0 Å². The molecule has 0 saturated carbocycles. The fourth-order valence-corrected chi connectivity index (χ4v) is 2.80. The summed E-state index contributed by atoms with van der Waals surface area (Å²) in [7, 11) is 0. The molecule has 0 spiro atoms. The second-order valence-electron chi connectivity index (χ2n) is 10.0. The zero-order valence-electron chi connectivity index (χ0n) is 24.2. The van der Waals surface area contributed by atoms with E-state index in [4.69, 9.17) is 37.9 Å². The van der Waals surface area contributed by atoms with Gasteiger partial charge in [-0.1, -0.05) is 34.6 Å². The van der Waals surface area contributed by atoms with Crippen LogP contribution in [0.2, 0.25) is 0 Å². The van der Waals surface area contributed by atoms with E-state index in [9.17, 15) is 4.79 Å². The monoisotopic (exact) mass is 537 g/mol. The number of hydrogen-bond acceptors (Lipinski definition) is 9. The summed E-state index contributed by atoms with van der Waals surface area (Å²) in [5, 5.41) is 2.80. The molecule has 10 nitrogen and oxygen atoms in total. The van der Waals surface area contributed by atoms with Gasteiger partial charge in [-0.3, -0.25) is 4.79 Å². The quantitative estimate of drug-likeness (QED) is 0.151. The van der Waals surface area contributed by atoms with Crippen molar-refractivity contribution in [3.8, 4) is 0 Å². The molecule has 0 heterocycles. The summed E-state index contributed by atoms with van der Waals surface area (Å²) in [5.74, 6) is 0.0310. The summed E-state index contributed by atoms with van der Waals surface area (Å²) >= 11 is 0. The Balaban J connectivity index is 3.08. The van der Waals surface area contributed by atoms with Crippen LogP contribution in [-0.4, -0.2) is 118 Å². The van der Waals surface area contributed by atoms with Gasteiger partial charge in [-0.15, -0.1) is 0 Å². The summed E-state index contributed by atoms with van der Waals surface area (Å²) in [6, 6.07) is 0. The van der Waals surface area contributed by atoms with Gasteiger partial charge in [-0.2, -0.15) is 0 Å². The van der Waals surface area contributed by atoms with Gasteiger partial charge in [0, 0.05) is 19.1 Å². The smallest absolute Gasteiger partial charge is 0.222 e. The molecule has 0 aliphatic heterocycles. The summed E-state index contributed by atoms with van der Waals surface area (Å²) in [4.78, 5) is 11.4. The highest BCUT2D eigenvalue weighted by atomic mass is 16.6. The van der Waals surface area contributed by atoms with E-state index >= 15 is 0 Å². The molecule has 0 rings (SSSR count). The van der Waals surface area contributed by atoms with Crippen molar-refractivity contribution >= 4 is 5.91 Å². The van der Waals surface area contributed by atoms with E-state index in [-0.39, 0.29) is 11.8 Å². The van der Waals surface area contributed by atoms with Crippen molar-refractivity contribution in [2.75, 3.05) is 112 Å². The predicted octanol–water partition coefficient (Wildman–Crippen LogP) is 2.72. The zero-order valence-corrected chi connectivity index (χ0v) is 24.2. The summed E-state index contributed by atoms with van der Waals surface area (Å²) < 4.78 is 43.7. The zero-order chi connectivity index (χ0) is 27.5. The molecule has 0 atom stereocenters. The molecule has 0 aromatic carbocycles. The van der Waals surface area contributed by atoms with Crippen molar-refractivity contribution in [1.29, 1.82) is 0 Å². The molecule has 0 aliphatic rings. The van der Waals surface area contributed by atoms with E-state index in [0.717, 1.165) is 13.0 Å². The first kappa shape index (κ1) is 36.1. The number of carbonyl (C=O) groups excluding carboxylic acids is 1. The predicted molar refractivity (Wildman–Crippen MR) is 143 cm³/mol. The minimum absolute atomic E-state index is 0.00625. The van der Waals surface area contributed by atoms with Crippen LogP contribution in [-0.2, 0) is 42.7 Å². The molecule has 0 aromatic rings. The SMILES string of the molecule is CC(C)C(=O)NCCOCCOCCOCCOCCOCCOCCOCCOCCCC(C)(C)C. The molecule has 0 aliphatic carbocycles. The van der Waals surface area contributed by atoms with Gasteiger partial charge in [0.15, 0.2) is 0 Å². The van der Waals surface area contributed by atoms with Crippen molar-refractivity contribution in [2.24, 2.45) is 11.3 Å². The number of ether oxygens (including phenoxy) is 8. The van der Waals surface area contributed by atoms with Crippen LogP contribution >= 0.6 is 0 Å². The van der Waals surface area contributed by atoms with Crippen LogP contribution in [0.4, 0.5) is 0 Å². The number of amides is 1. The van der Waals surface area contributed by atoms with Crippen molar-refractivity contribution in [3.63, 3.8) is 0 Å². The molecule has 222 valence electrons. The maximum atomic E-state index is 11.4. The molecule has 37 heavy (non-hydrogen) atoms. The van der Waals surface area contributed by atoms with E-state index in [1.165, 1.54) is 6.42 Å². The van der Waals surface area contributed by atoms with Gasteiger partial charge in [0.25, 0.3) is 0 Å². The minimum Gasteiger partial charge on any atom is -0.379 e. The van der Waals surface area contributed by atoms with Crippen LogP contribution in [0.25, 0.3) is 0 Å². The average Bonchev–Trinajstić information content (AvgIpc) is 2.84. The first-order valence-corrected chi connectivity index (χ1v) is 13.7. The summed E-state index contributed by atoms with van der Waals surface area (Å²) in [5.41, 5.74) is 0.369. The van der Waals surface area contributed by atoms with Crippen LogP contribution in [0, 0.1) is 11.3 Å². The number of nitrogens with one attached hydrogen (secondary N) is 1. The Labute approximate surface area is 225 Å². The molecule has 1 amide bonds. The third kappa shape index (κ3) is 31.3. The second-order valence-corrected chi connectivity index (χ2v) is 10.0. The highest BCUT2D eigenvalue weighted by Crippen LogP contribution is 2.20. The molecular formula is C27H55NO9. The molecular weight excluding hydrogens is 482 g/mol. The number of carbonyl (C=O) groups is 1. The van der Waals surface area contributed by atoms with Crippen LogP contribution in [0.5, 0.6) is 0 Å². The van der Waals surface area contributed by atoms with Gasteiger partial charge < -0.3 is 43.2 Å². The lowest BCUT2D eigenvalue weighted by Gasteiger charge is -2.17. The van der Waals surface area contributed by atoms with Crippen molar-refractivity contribution in [2.45, 2.75) is 47.5 Å². The molecule has 0 bridgehead atoms. The van der Waals surface area contributed by atoms with Crippen LogP contribution < -0.4 is 5.32 Å². The molecule has 0 unspecified atom stereocenters. The summed E-state index contributed by atoms with van der Waals surface area (Å²) in [6.07, 6.45) is 2.25. The van der Waals surface area contributed by atoms with E-state index < -0.39 is 0 Å². The Morgan fingerprint density at radius 3 is 1.14 bits per heavy atom. The van der Waals surface area contributed by atoms with E-state index in [1.807, 2.05) is 13.8 Å². The Hall–Kier alpha value is -0.850. The maximum absolute atomic E-state index is 11.4.